The maximum Gasteiger partial charge on any atom is 0.431 e. The number of aromatic nitrogens is 1. The number of benzene rings is 3. The summed E-state index contributed by atoms with van der Waals surface area (Å²) in [6, 6.07) is 27.6. The van der Waals surface area contributed by atoms with E-state index in [2.05, 4.69) is 4.98 Å². The Bertz CT molecular complexity index is 1330. The first kappa shape index (κ1) is 27.8. The lowest BCUT2D eigenvalue weighted by Crippen LogP contribution is -2.30. The molecule has 0 spiro atoms. The van der Waals surface area contributed by atoms with Gasteiger partial charge >= 0.3 is 11.4 Å². The predicted molar refractivity (Wildman–Crippen MR) is 143 cm³/mol. The van der Waals surface area contributed by atoms with Crippen LogP contribution in [0.1, 0.15) is 22.9 Å². The molecule has 5 nitrogen and oxygen atoms in total. The second-order valence-corrected chi connectivity index (χ2v) is 8.75. The van der Waals surface area contributed by atoms with Crippen LogP contribution in [0.4, 0.5) is 23.2 Å². The van der Waals surface area contributed by atoms with Gasteiger partial charge in [0, 0.05) is 31.4 Å². The summed E-state index contributed by atoms with van der Waals surface area (Å²) in [7, 11) is 1.25. The Labute approximate surface area is 228 Å². The maximum absolute atomic E-state index is 15.5. The first-order chi connectivity index (χ1) is 18.7. The minimum Gasteiger partial charge on any atom is -0.480 e. The summed E-state index contributed by atoms with van der Waals surface area (Å²) in [5.74, 6) is -1.27. The molecule has 0 radical (unpaired) electrons. The zero-order chi connectivity index (χ0) is 27.8. The molecule has 39 heavy (non-hydrogen) atoms. The smallest absolute Gasteiger partial charge is 0.431 e. The van der Waals surface area contributed by atoms with E-state index in [1.165, 1.54) is 19.2 Å². The molecule has 4 aromatic rings. The highest BCUT2D eigenvalue weighted by molar-refractivity contribution is 7.79. The van der Waals surface area contributed by atoms with Crippen molar-refractivity contribution in [3.8, 4) is 11.6 Å². The molecule has 1 atom stereocenters. The molecule has 10 heteroatoms. The van der Waals surface area contributed by atoms with Gasteiger partial charge in [0.25, 0.3) is 0 Å². The minimum atomic E-state index is -5.06. The summed E-state index contributed by atoms with van der Waals surface area (Å²) in [4.78, 5) is 5.70. The molecule has 0 N–H and O–H groups in total. The molecule has 3 aromatic carbocycles. The van der Waals surface area contributed by atoms with Crippen LogP contribution in [0.2, 0.25) is 0 Å². The van der Waals surface area contributed by atoms with Crippen molar-refractivity contribution in [2.45, 2.75) is 25.4 Å². The van der Waals surface area contributed by atoms with Gasteiger partial charge in [-0.1, -0.05) is 78.9 Å². The van der Waals surface area contributed by atoms with Crippen LogP contribution in [0.3, 0.4) is 0 Å². The minimum absolute atomic E-state index is 0.169. The van der Waals surface area contributed by atoms with E-state index in [1.54, 1.807) is 23.1 Å². The quantitative estimate of drug-likeness (QED) is 0.158. The summed E-state index contributed by atoms with van der Waals surface area (Å²) in [5.41, 5.74) is 0.955. The van der Waals surface area contributed by atoms with Gasteiger partial charge in [-0.15, -0.1) is 0 Å². The van der Waals surface area contributed by atoms with Gasteiger partial charge in [0.15, 0.2) is 5.82 Å². The van der Waals surface area contributed by atoms with Crippen molar-refractivity contribution in [3.63, 3.8) is 0 Å². The van der Waals surface area contributed by atoms with Crippen molar-refractivity contribution in [1.82, 2.24) is 4.98 Å². The van der Waals surface area contributed by atoms with Crippen LogP contribution in [0.5, 0.6) is 11.6 Å². The van der Waals surface area contributed by atoms with Gasteiger partial charge in [-0.05, 0) is 23.3 Å². The Morgan fingerprint density at radius 2 is 1.38 bits per heavy atom. The lowest BCUT2D eigenvalue weighted by molar-refractivity contribution is -0.205. The molecule has 0 aliphatic rings. The van der Waals surface area contributed by atoms with Crippen molar-refractivity contribution in [3.05, 3.63) is 120 Å². The molecular weight excluding hydrogens is 532 g/mol. The lowest BCUT2D eigenvalue weighted by Gasteiger charge is -2.28. The van der Waals surface area contributed by atoms with E-state index in [-0.39, 0.29) is 17.3 Å². The van der Waals surface area contributed by atoms with E-state index < -0.39 is 29.0 Å². The fourth-order valence-corrected chi connectivity index (χ4v) is 4.05. The summed E-state index contributed by atoms with van der Waals surface area (Å²) in [5, 5.41) is -0.831. The number of halogens is 4. The number of hydrogen-bond acceptors (Lipinski definition) is 6. The number of anilines is 1. The molecule has 0 aliphatic carbocycles. The summed E-state index contributed by atoms with van der Waals surface area (Å²) in [6.07, 6.45) is -7.88. The summed E-state index contributed by atoms with van der Waals surface area (Å²) in [6.45, 7) is 0.640. The number of ether oxygens (including phenoxy) is 3. The van der Waals surface area contributed by atoms with Crippen LogP contribution >= 0.6 is 12.2 Å². The highest BCUT2D eigenvalue weighted by Gasteiger charge is 2.47. The highest BCUT2D eigenvalue weighted by Crippen LogP contribution is 2.40. The zero-order valence-corrected chi connectivity index (χ0v) is 21.6. The number of para-hydroxylation sites is 1. The lowest BCUT2D eigenvalue weighted by atomic mass is 10.1. The van der Waals surface area contributed by atoms with Gasteiger partial charge in [0.2, 0.25) is 12.0 Å². The summed E-state index contributed by atoms with van der Waals surface area (Å²) < 4.78 is 73.0. The molecule has 1 aromatic heterocycles. The van der Waals surface area contributed by atoms with Gasteiger partial charge in [0.1, 0.15) is 17.1 Å². The average Bonchev–Trinajstić information content (AvgIpc) is 2.92. The molecule has 0 saturated heterocycles. The SMILES string of the molecule is COc1nc(C(OC(=S)Oc2ccccc2)C(F)(F)F)c(F)cc1N(Cc1ccccc1)Cc1ccccc1. The predicted octanol–water partition coefficient (Wildman–Crippen LogP) is 7.42. The molecule has 1 heterocycles. The Balaban J connectivity index is 1.69. The Morgan fingerprint density at radius 1 is 0.872 bits per heavy atom. The number of rotatable bonds is 9. The Morgan fingerprint density at radius 3 is 1.87 bits per heavy atom. The third-order valence-corrected chi connectivity index (χ3v) is 5.80. The Hall–Kier alpha value is -4.18. The average molecular weight is 557 g/mol. The molecule has 0 amide bonds. The fraction of sp³-hybridized carbons (Fsp3) is 0.172. The second-order valence-electron chi connectivity index (χ2n) is 8.42. The first-order valence-corrected chi connectivity index (χ1v) is 12.2. The van der Waals surface area contributed by atoms with E-state index in [0.717, 1.165) is 17.2 Å². The van der Waals surface area contributed by atoms with Gasteiger partial charge in [0.05, 0.1) is 7.11 Å². The van der Waals surface area contributed by atoms with Crippen LogP contribution in [-0.2, 0) is 17.8 Å². The number of hydrogen-bond donors (Lipinski definition) is 0. The van der Waals surface area contributed by atoms with Crippen molar-refractivity contribution >= 4 is 23.1 Å². The van der Waals surface area contributed by atoms with Crippen molar-refractivity contribution in [1.29, 1.82) is 0 Å². The van der Waals surface area contributed by atoms with Crippen LogP contribution in [0.15, 0.2) is 97.1 Å². The largest absolute Gasteiger partial charge is 0.480 e. The summed E-state index contributed by atoms with van der Waals surface area (Å²) >= 11 is 4.86. The number of alkyl halides is 3. The second kappa shape index (κ2) is 12.6. The topological polar surface area (TPSA) is 43.8 Å². The molecule has 0 fully saturated rings. The van der Waals surface area contributed by atoms with Crippen molar-refractivity contribution < 1.29 is 31.8 Å². The molecule has 0 saturated carbocycles. The molecule has 4 rings (SSSR count). The zero-order valence-electron chi connectivity index (χ0n) is 20.8. The molecule has 1 unspecified atom stereocenters. The van der Waals surface area contributed by atoms with Gasteiger partial charge in [-0.25, -0.2) is 9.37 Å². The fourth-order valence-electron chi connectivity index (χ4n) is 3.85. The van der Waals surface area contributed by atoms with E-state index >= 15 is 4.39 Å². The van der Waals surface area contributed by atoms with Gasteiger partial charge < -0.3 is 19.1 Å². The maximum atomic E-state index is 15.5. The van der Waals surface area contributed by atoms with E-state index in [1.807, 2.05) is 60.7 Å². The molecule has 0 bridgehead atoms. The monoisotopic (exact) mass is 556 g/mol. The van der Waals surface area contributed by atoms with Crippen molar-refractivity contribution in [2.75, 3.05) is 12.0 Å². The van der Waals surface area contributed by atoms with Crippen LogP contribution < -0.4 is 14.4 Å². The highest BCUT2D eigenvalue weighted by atomic mass is 32.1. The Kier molecular flexibility index (Phi) is 8.98. The standard InChI is InChI=1S/C29H24F4N2O3S/c1-36-27-24(35(18-20-11-5-2-6-12-20)19-21-13-7-3-8-14-21)17-23(30)25(34-27)26(29(31,32)33)38-28(39)37-22-15-9-4-10-16-22/h2-17,26H,18-19H2,1H3. The van der Waals surface area contributed by atoms with Crippen LogP contribution in [-0.4, -0.2) is 23.5 Å². The first-order valence-electron chi connectivity index (χ1n) is 11.8. The number of thiocarbonyl (C=S) groups is 1. The molecular formula is C29H24F4N2O3S. The van der Waals surface area contributed by atoms with Gasteiger partial charge in [-0.2, -0.15) is 13.2 Å². The van der Waals surface area contributed by atoms with E-state index in [4.69, 9.17) is 26.4 Å². The van der Waals surface area contributed by atoms with Gasteiger partial charge in [-0.3, -0.25) is 0 Å². The number of pyridine rings is 1. The van der Waals surface area contributed by atoms with Crippen LogP contribution in [0, 0.1) is 5.82 Å². The number of methoxy groups -OCH3 is 1. The molecule has 0 aliphatic heterocycles. The van der Waals surface area contributed by atoms with Crippen LogP contribution in [0.25, 0.3) is 0 Å². The third kappa shape index (κ3) is 7.44. The normalized spacial score (nSPS) is 11.9. The third-order valence-electron chi connectivity index (χ3n) is 5.62. The molecule has 202 valence electrons. The number of nitrogens with zero attached hydrogens (tertiary/aromatic N) is 2. The van der Waals surface area contributed by atoms with E-state index in [9.17, 15) is 13.2 Å². The van der Waals surface area contributed by atoms with Crippen molar-refractivity contribution in [2.24, 2.45) is 0 Å². The van der Waals surface area contributed by atoms with E-state index in [0.29, 0.717) is 13.1 Å².